The second-order valence-corrected chi connectivity index (χ2v) is 4.06. The summed E-state index contributed by atoms with van der Waals surface area (Å²) in [5.41, 5.74) is 0. The van der Waals surface area contributed by atoms with Gasteiger partial charge in [-0.15, -0.1) is 0 Å². The van der Waals surface area contributed by atoms with E-state index in [-0.39, 0.29) is 11.7 Å². The molecule has 0 aromatic rings. The van der Waals surface area contributed by atoms with Crippen LogP contribution in [0.2, 0.25) is 0 Å². The highest BCUT2D eigenvalue weighted by Crippen LogP contribution is 2.13. The summed E-state index contributed by atoms with van der Waals surface area (Å²) < 4.78 is 5.23. The largest absolute Gasteiger partial charge is 0.381 e. The molecule has 4 nitrogen and oxygen atoms in total. The molecule has 0 radical (unpaired) electrons. The zero-order valence-electron chi connectivity index (χ0n) is 9.25. The number of rotatable bonds is 5. The SMILES string of the molecule is CC(=O)CCC(=O)NCC1CCOCC1. The van der Waals surface area contributed by atoms with Gasteiger partial charge in [-0.3, -0.25) is 4.79 Å². The lowest BCUT2D eigenvalue weighted by atomic mass is 10.0. The van der Waals surface area contributed by atoms with Gasteiger partial charge < -0.3 is 14.8 Å². The Balaban J connectivity index is 2.07. The molecule has 4 heteroatoms. The molecule has 1 aliphatic rings. The minimum atomic E-state index is -0.0170. The van der Waals surface area contributed by atoms with Crippen LogP contribution in [0.3, 0.4) is 0 Å². The third-order valence-corrected chi connectivity index (χ3v) is 2.63. The first-order valence-electron chi connectivity index (χ1n) is 5.52. The van der Waals surface area contributed by atoms with Gasteiger partial charge >= 0.3 is 0 Å². The quantitative estimate of drug-likeness (QED) is 0.738. The summed E-state index contributed by atoms with van der Waals surface area (Å²) in [5, 5.41) is 2.86. The maximum atomic E-state index is 11.3. The summed E-state index contributed by atoms with van der Waals surface area (Å²) in [7, 11) is 0. The van der Waals surface area contributed by atoms with Crippen LogP contribution in [0, 0.1) is 5.92 Å². The normalized spacial score (nSPS) is 17.4. The van der Waals surface area contributed by atoms with Crippen molar-refractivity contribution in [1.29, 1.82) is 0 Å². The lowest BCUT2D eigenvalue weighted by Crippen LogP contribution is -2.32. The number of carbonyl (C=O) groups excluding carboxylic acids is 2. The van der Waals surface area contributed by atoms with E-state index in [2.05, 4.69) is 5.32 Å². The van der Waals surface area contributed by atoms with Gasteiger partial charge in [0.1, 0.15) is 5.78 Å². The van der Waals surface area contributed by atoms with E-state index in [4.69, 9.17) is 4.74 Å². The molecular formula is C11H19NO3. The van der Waals surface area contributed by atoms with E-state index in [9.17, 15) is 9.59 Å². The molecule has 1 rings (SSSR count). The van der Waals surface area contributed by atoms with Crippen LogP contribution in [0.1, 0.15) is 32.6 Å². The molecule has 0 aliphatic carbocycles. The first kappa shape index (κ1) is 12.2. The fraction of sp³-hybridized carbons (Fsp3) is 0.818. The van der Waals surface area contributed by atoms with E-state index in [1.807, 2.05) is 0 Å². The molecule has 15 heavy (non-hydrogen) atoms. The van der Waals surface area contributed by atoms with Gasteiger partial charge in [-0.05, 0) is 25.7 Å². The third-order valence-electron chi connectivity index (χ3n) is 2.63. The van der Waals surface area contributed by atoms with Crippen LogP contribution in [0.15, 0.2) is 0 Å². The van der Waals surface area contributed by atoms with Crippen molar-refractivity contribution in [2.75, 3.05) is 19.8 Å². The summed E-state index contributed by atoms with van der Waals surface area (Å²) in [5.74, 6) is 0.591. The highest BCUT2D eigenvalue weighted by Gasteiger charge is 2.14. The molecule has 1 heterocycles. The van der Waals surface area contributed by atoms with Crippen molar-refractivity contribution in [2.45, 2.75) is 32.6 Å². The Morgan fingerprint density at radius 3 is 2.53 bits per heavy atom. The Kier molecular flexibility index (Phi) is 5.32. The Morgan fingerprint density at radius 2 is 1.93 bits per heavy atom. The number of hydrogen-bond donors (Lipinski definition) is 1. The number of nitrogens with one attached hydrogen (secondary N) is 1. The fourth-order valence-corrected chi connectivity index (χ4v) is 1.59. The number of amides is 1. The number of carbonyl (C=O) groups is 2. The molecule has 0 aromatic heterocycles. The summed E-state index contributed by atoms with van der Waals surface area (Å²) in [6.07, 6.45) is 2.71. The second-order valence-electron chi connectivity index (χ2n) is 4.06. The van der Waals surface area contributed by atoms with E-state index in [1.165, 1.54) is 6.92 Å². The van der Waals surface area contributed by atoms with Crippen molar-refractivity contribution in [2.24, 2.45) is 5.92 Å². The fourth-order valence-electron chi connectivity index (χ4n) is 1.59. The topological polar surface area (TPSA) is 55.4 Å². The van der Waals surface area contributed by atoms with Crippen molar-refractivity contribution in [3.8, 4) is 0 Å². The summed E-state index contributed by atoms with van der Waals surface area (Å²) in [6.45, 7) is 3.83. The molecule has 0 spiro atoms. The minimum absolute atomic E-state index is 0.0170. The van der Waals surface area contributed by atoms with Gasteiger partial charge in [-0.25, -0.2) is 0 Å². The molecule has 0 unspecified atom stereocenters. The molecule has 86 valence electrons. The van der Waals surface area contributed by atoms with Gasteiger partial charge in [-0.2, -0.15) is 0 Å². The number of Topliss-reactive ketones (excluding diaryl/α,β-unsaturated/α-hetero) is 1. The van der Waals surface area contributed by atoms with Gasteiger partial charge in [0.05, 0.1) is 0 Å². The Bertz CT molecular complexity index is 222. The molecule has 1 saturated heterocycles. The van der Waals surface area contributed by atoms with Crippen LogP contribution in [0.4, 0.5) is 0 Å². The van der Waals surface area contributed by atoms with Crippen LogP contribution >= 0.6 is 0 Å². The summed E-state index contributed by atoms with van der Waals surface area (Å²) >= 11 is 0. The number of ketones is 1. The van der Waals surface area contributed by atoms with Gasteiger partial charge in [-0.1, -0.05) is 0 Å². The summed E-state index contributed by atoms with van der Waals surface area (Å²) in [4.78, 5) is 22.0. The van der Waals surface area contributed by atoms with E-state index < -0.39 is 0 Å². The standard InChI is InChI=1S/C11H19NO3/c1-9(13)2-3-11(14)12-8-10-4-6-15-7-5-10/h10H,2-8H2,1H3,(H,12,14). The van der Waals surface area contributed by atoms with Crippen molar-refractivity contribution in [3.63, 3.8) is 0 Å². The van der Waals surface area contributed by atoms with E-state index in [0.717, 1.165) is 32.6 Å². The van der Waals surface area contributed by atoms with Crippen LogP contribution in [-0.2, 0) is 14.3 Å². The first-order valence-corrected chi connectivity index (χ1v) is 5.52. The van der Waals surface area contributed by atoms with Crippen LogP contribution in [0.25, 0.3) is 0 Å². The molecular weight excluding hydrogens is 194 g/mol. The molecule has 1 amide bonds. The number of ether oxygens (including phenoxy) is 1. The van der Waals surface area contributed by atoms with Gasteiger partial charge in [0.15, 0.2) is 0 Å². The Labute approximate surface area is 90.4 Å². The molecule has 0 saturated carbocycles. The average molecular weight is 213 g/mol. The monoisotopic (exact) mass is 213 g/mol. The average Bonchev–Trinajstić information content (AvgIpc) is 2.25. The van der Waals surface area contributed by atoms with Crippen molar-refractivity contribution in [1.82, 2.24) is 5.32 Å². The Morgan fingerprint density at radius 1 is 1.27 bits per heavy atom. The second kappa shape index (κ2) is 6.56. The maximum absolute atomic E-state index is 11.3. The smallest absolute Gasteiger partial charge is 0.220 e. The van der Waals surface area contributed by atoms with E-state index >= 15 is 0 Å². The van der Waals surface area contributed by atoms with Crippen LogP contribution in [-0.4, -0.2) is 31.4 Å². The zero-order valence-corrected chi connectivity index (χ0v) is 9.25. The lowest BCUT2D eigenvalue weighted by molar-refractivity contribution is -0.124. The molecule has 0 aromatic carbocycles. The minimum Gasteiger partial charge on any atom is -0.381 e. The molecule has 0 bridgehead atoms. The number of hydrogen-bond acceptors (Lipinski definition) is 3. The first-order chi connectivity index (χ1) is 7.18. The maximum Gasteiger partial charge on any atom is 0.220 e. The third kappa shape index (κ3) is 5.52. The predicted octanol–water partition coefficient (Wildman–Crippen LogP) is 0.898. The molecule has 1 fully saturated rings. The molecule has 0 atom stereocenters. The van der Waals surface area contributed by atoms with Crippen molar-refractivity contribution >= 4 is 11.7 Å². The highest BCUT2D eigenvalue weighted by molar-refractivity contribution is 5.83. The van der Waals surface area contributed by atoms with Gasteiger partial charge in [0.2, 0.25) is 5.91 Å². The van der Waals surface area contributed by atoms with Crippen LogP contribution < -0.4 is 5.32 Å². The zero-order chi connectivity index (χ0) is 11.1. The van der Waals surface area contributed by atoms with Gasteiger partial charge in [0, 0.05) is 32.6 Å². The van der Waals surface area contributed by atoms with Crippen LogP contribution in [0.5, 0.6) is 0 Å². The van der Waals surface area contributed by atoms with Crippen molar-refractivity contribution < 1.29 is 14.3 Å². The Hall–Kier alpha value is -0.900. The highest BCUT2D eigenvalue weighted by atomic mass is 16.5. The van der Waals surface area contributed by atoms with Gasteiger partial charge in [0.25, 0.3) is 0 Å². The van der Waals surface area contributed by atoms with E-state index in [0.29, 0.717) is 18.8 Å². The molecule has 1 N–H and O–H groups in total. The summed E-state index contributed by atoms with van der Waals surface area (Å²) in [6, 6.07) is 0. The predicted molar refractivity (Wildman–Crippen MR) is 56.5 cm³/mol. The molecule has 1 aliphatic heterocycles. The lowest BCUT2D eigenvalue weighted by Gasteiger charge is -2.22. The van der Waals surface area contributed by atoms with Crippen molar-refractivity contribution in [3.05, 3.63) is 0 Å². The van der Waals surface area contributed by atoms with E-state index in [1.54, 1.807) is 0 Å².